The van der Waals surface area contributed by atoms with Gasteiger partial charge in [0.2, 0.25) is 0 Å². The Bertz CT molecular complexity index is 225. The Morgan fingerprint density at radius 1 is 1.55 bits per heavy atom. The van der Waals surface area contributed by atoms with Crippen molar-refractivity contribution in [3.63, 3.8) is 0 Å². The quantitative estimate of drug-likeness (QED) is 0.659. The topological polar surface area (TPSA) is 31.4 Å². The van der Waals surface area contributed by atoms with Crippen LogP contribution in [0, 0.1) is 0 Å². The van der Waals surface area contributed by atoms with E-state index in [2.05, 4.69) is 4.98 Å². The van der Waals surface area contributed by atoms with Crippen LogP contribution in [-0.4, -0.2) is 18.7 Å². The van der Waals surface area contributed by atoms with Gasteiger partial charge < -0.3 is 9.47 Å². The van der Waals surface area contributed by atoms with Crippen LogP contribution >= 0.6 is 0 Å². The van der Waals surface area contributed by atoms with Crippen molar-refractivity contribution < 1.29 is 9.47 Å². The second kappa shape index (κ2) is 3.81. The van der Waals surface area contributed by atoms with Crippen LogP contribution in [0.5, 0.6) is 11.6 Å². The third-order valence-electron chi connectivity index (χ3n) is 1.24. The Labute approximate surface area is 66.0 Å². The van der Waals surface area contributed by atoms with Gasteiger partial charge in [-0.2, -0.15) is 0 Å². The highest BCUT2D eigenvalue weighted by molar-refractivity contribution is 5.32. The van der Waals surface area contributed by atoms with Gasteiger partial charge in [-0.05, 0) is 19.1 Å². The molecule has 1 aromatic heterocycles. The number of hydrogen-bond acceptors (Lipinski definition) is 3. The van der Waals surface area contributed by atoms with Crippen LogP contribution < -0.4 is 9.47 Å². The van der Waals surface area contributed by atoms with E-state index in [1.165, 1.54) is 0 Å². The van der Waals surface area contributed by atoms with E-state index in [-0.39, 0.29) is 0 Å². The molecule has 0 radical (unpaired) electrons. The molecule has 3 nitrogen and oxygen atoms in total. The predicted octanol–water partition coefficient (Wildman–Crippen LogP) is 1.49. The molecule has 0 fully saturated rings. The maximum atomic E-state index is 5.19. The van der Waals surface area contributed by atoms with Crippen molar-refractivity contribution in [2.45, 2.75) is 6.92 Å². The first kappa shape index (κ1) is 7.85. The summed E-state index contributed by atoms with van der Waals surface area (Å²) in [4.78, 5) is 3.99. The number of nitrogens with zero attached hydrogens (tertiary/aromatic N) is 1. The minimum absolute atomic E-state index is 0.553. The summed E-state index contributed by atoms with van der Waals surface area (Å²) in [5, 5.41) is 0. The number of methoxy groups -OCH3 is 1. The second-order valence-electron chi connectivity index (χ2n) is 1.94. The average Bonchev–Trinajstić information content (AvgIpc) is 2.06. The lowest BCUT2D eigenvalue weighted by Crippen LogP contribution is -1.96. The van der Waals surface area contributed by atoms with Gasteiger partial charge in [0.15, 0.2) is 5.75 Å². The summed E-state index contributed by atoms with van der Waals surface area (Å²) in [7, 11) is 1.60. The van der Waals surface area contributed by atoms with Gasteiger partial charge in [0, 0.05) is 6.20 Å². The molecule has 0 aliphatic carbocycles. The summed E-state index contributed by atoms with van der Waals surface area (Å²) >= 11 is 0. The van der Waals surface area contributed by atoms with Crippen LogP contribution in [0.15, 0.2) is 18.3 Å². The Morgan fingerprint density at radius 2 is 2.36 bits per heavy atom. The number of hydrogen-bond donors (Lipinski definition) is 0. The molecule has 0 aromatic carbocycles. The maximum Gasteiger partial charge on any atom is 0.256 e. The smallest absolute Gasteiger partial charge is 0.256 e. The monoisotopic (exact) mass is 153 g/mol. The molecule has 3 heteroatoms. The van der Waals surface area contributed by atoms with Crippen molar-refractivity contribution >= 4 is 0 Å². The van der Waals surface area contributed by atoms with Crippen molar-refractivity contribution in [3.05, 3.63) is 18.3 Å². The summed E-state index contributed by atoms with van der Waals surface area (Å²) in [6, 6.07) is 3.62. The fourth-order valence-electron chi connectivity index (χ4n) is 0.777. The largest absolute Gasteiger partial charge is 0.491 e. The first-order valence-corrected chi connectivity index (χ1v) is 3.50. The highest BCUT2D eigenvalue weighted by Crippen LogP contribution is 2.21. The summed E-state index contributed by atoms with van der Waals surface area (Å²) in [6.45, 7) is 2.52. The molecular weight excluding hydrogens is 142 g/mol. The lowest BCUT2D eigenvalue weighted by Gasteiger charge is -2.05. The van der Waals surface area contributed by atoms with E-state index >= 15 is 0 Å². The van der Waals surface area contributed by atoms with Crippen molar-refractivity contribution in [3.8, 4) is 11.6 Å². The van der Waals surface area contributed by atoms with Crippen LogP contribution in [0.2, 0.25) is 0 Å². The molecule has 0 amide bonds. The minimum Gasteiger partial charge on any atom is -0.491 e. The first-order chi connectivity index (χ1) is 5.38. The molecule has 1 heterocycles. The van der Waals surface area contributed by atoms with Gasteiger partial charge >= 0.3 is 0 Å². The Hall–Kier alpha value is -1.25. The Kier molecular flexibility index (Phi) is 2.72. The van der Waals surface area contributed by atoms with Crippen LogP contribution in [0.4, 0.5) is 0 Å². The standard InChI is InChI=1S/C8H11NO2/c1-3-11-8-7(10-2)5-4-6-9-8/h4-6H,3H2,1-2H3. The molecule has 11 heavy (non-hydrogen) atoms. The molecule has 0 N–H and O–H groups in total. The van der Waals surface area contributed by atoms with Gasteiger partial charge in [-0.3, -0.25) is 0 Å². The molecule has 0 atom stereocenters. The first-order valence-electron chi connectivity index (χ1n) is 3.50. The summed E-state index contributed by atoms with van der Waals surface area (Å²) < 4.78 is 10.2. The third-order valence-corrected chi connectivity index (χ3v) is 1.24. The van der Waals surface area contributed by atoms with E-state index in [1.807, 2.05) is 13.0 Å². The van der Waals surface area contributed by atoms with Crippen molar-refractivity contribution in [1.82, 2.24) is 4.98 Å². The van der Waals surface area contributed by atoms with Gasteiger partial charge in [0.1, 0.15) is 0 Å². The van der Waals surface area contributed by atoms with Gasteiger partial charge in [-0.25, -0.2) is 4.98 Å². The molecule has 1 rings (SSSR count). The molecular formula is C8H11NO2. The zero-order valence-corrected chi connectivity index (χ0v) is 6.70. The van der Waals surface area contributed by atoms with Crippen LogP contribution in [0.25, 0.3) is 0 Å². The van der Waals surface area contributed by atoms with Gasteiger partial charge in [0.05, 0.1) is 13.7 Å². The Morgan fingerprint density at radius 3 is 3.00 bits per heavy atom. The zero-order chi connectivity index (χ0) is 8.10. The second-order valence-corrected chi connectivity index (χ2v) is 1.94. The van der Waals surface area contributed by atoms with Crippen molar-refractivity contribution in [1.29, 1.82) is 0 Å². The number of rotatable bonds is 3. The van der Waals surface area contributed by atoms with Crippen molar-refractivity contribution in [2.75, 3.05) is 13.7 Å². The van der Waals surface area contributed by atoms with Crippen LogP contribution in [-0.2, 0) is 0 Å². The highest BCUT2D eigenvalue weighted by Gasteiger charge is 2.01. The number of ether oxygens (including phenoxy) is 2. The highest BCUT2D eigenvalue weighted by atomic mass is 16.5. The SMILES string of the molecule is CCOc1ncccc1OC. The fourth-order valence-corrected chi connectivity index (χ4v) is 0.777. The summed E-state index contributed by atoms with van der Waals surface area (Å²) in [5.41, 5.74) is 0. The predicted molar refractivity (Wildman–Crippen MR) is 42.0 cm³/mol. The average molecular weight is 153 g/mol. The van der Waals surface area contributed by atoms with Crippen LogP contribution in [0.3, 0.4) is 0 Å². The van der Waals surface area contributed by atoms with Gasteiger partial charge in [0.25, 0.3) is 5.88 Å². The molecule has 0 bridgehead atoms. The molecule has 0 spiro atoms. The molecule has 60 valence electrons. The molecule has 0 saturated heterocycles. The van der Waals surface area contributed by atoms with E-state index in [1.54, 1.807) is 19.4 Å². The van der Waals surface area contributed by atoms with Crippen molar-refractivity contribution in [2.24, 2.45) is 0 Å². The Balaban J connectivity index is 2.83. The van der Waals surface area contributed by atoms with Crippen LogP contribution in [0.1, 0.15) is 6.92 Å². The van der Waals surface area contributed by atoms with Gasteiger partial charge in [-0.15, -0.1) is 0 Å². The zero-order valence-electron chi connectivity index (χ0n) is 6.70. The van der Waals surface area contributed by atoms with Gasteiger partial charge in [-0.1, -0.05) is 0 Å². The third kappa shape index (κ3) is 1.83. The molecule has 0 unspecified atom stereocenters. The lowest BCUT2D eigenvalue weighted by atomic mass is 10.4. The number of aromatic nitrogens is 1. The molecule has 1 aromatic rings. The molecule has 0 saturated carbocycles. The summed E-state index contributed by atoms with van der Waals surface area (Å²) in [5.74, 6) is 1.23. The number of pyridine rings is 1. The molecule has 0 aliphatic heterocycles. The van der Waals surface area contributed by atoms with E-state index < -0.39 is 0 Å². The molecule has 0 aliphatic rings. The minimum atomic E-state index is 0.553. The lowest BCUT2D eigenvalue weighted by molar-refractivity contribution is 0.298. The summed E-state index contributed by atoms with van der Waals surface area (Å²) in [6.07, 6.45) is 1.67. The maximum absolute atomic E-state index is 5.19. The van der Waals surface area contributed by atoms with E-state index in [9.17, 15) is 0 Å². The van der Waals surface area contributed by atoms with E-state index in [0.29, 0.717) is 18.2 Å². The fraction of sp³-hybridized carbons (Fsp3) is 0.375. The van der Waals surface area contributed by atoms with E-state index in [4.69, 9.17) is 9.47 Å². The van der Waals surface area contributed by atoms with E-state index in [0.717, 1.165) is 0 Å². The normalized spacial score (nSPS) is 9.27.